The van der Waals surface area contributed by atoms with E-state index in [1.54, 1.807) is 0 Å². The Morgan fingerprint density at radius 1 is 0.943 bits per heavy atom. The van der Waals surface area contributed by atoms with Crippen molar-refractivity contribution >= 4 is 18.0 Å². The van der Waals surface area contributed by atoms with E-state index in [4.69, 9.17) is 4.74 Å². The average Bonchev–Trinajstić information content (AvgIpc) is 3.44. The van der Waals surface area contributed by atoms with Crippen molar-refractivity contribution in [2.24, 2.45) is 11.3 Å². The number of carbonyl (C=O) groups is 3. The van der Waals surface area contributed by atoms with Crippen molar-refractivity contribution in [3.8, 4) is 11.1 Å². The molecule has 3 aliphatic carbocycles. The number of aliphatic carboxylic acids is 1. The van der Waals surface area contributed by atoms with Crippen LogP contribution in [0.25, 0.3) is 11.1 Å². The molecule has 0 spiro atoms. The van der Waals surface area contributed by atoms with Crippen molar-refractivity contribution in [1.29, 1.82) is 0 Å². The summed E-state index contributed by atoms with van der Waals surface area (Å²) in [5.74, 6) is -1.30. The summed E-state index contributed by atoms with van der Waals surface area (Å²) in [5, 5.41) is 15.2. The molecule has 5 rings (SSSR count). The van der Waals surface area contributed by atoms with E-state index in [0.29, 0.717) is 12.8 Å². The molecule has 2 aromatic rings. The number of carboxylic acid groups (broad SMARTS) is 1. The first-order chi connectivity index (χ1) is 17.0. The molecule has 2 aromatic carbocycles. The van der Waals surface area contributed by atoms with Crippen molar-refractivity contribution in [2.75, 3.05) is 13.2 Å². The molecule has 1 atom stereocenters. The molecule has 0 aliphatic heterocycles. The highest BCUT2D eigenvalue weighted by molar-refractivity contribution is 5.88. The molecule has 0 heterocycles. The van der Waals surface area contributed by atoms with Crippen molar-refractivity contribution < 1.29 is 24.2 Å². The maximum atomic E-state index is 13.2. The van der Waals surface area contributed by atoms with Crippen LogP contribution in [-0.2, 0) is 14.3 Å². The number of rotatable bonds is 8. The lowest BCUT2D eigenvalue weighted by molar-refractivity contribution is -0.146. The molecule has 2 fully saturated rings. The monoisotopic (exact) mass is 476 g/mol. The van der Waals surface area contributed by atoms with E-state index < -0.39 is 23.5 Å². The van der Waals surface area contributed by atoms with Crippen molar-refractivity contribution in [3.63, 3.8) is 0 Å². The van der Waals surface area contributed by atoms with Crippen LogP contribution in [0.15, 0.2) is 48.5 Å². The van der Waals surface area contributed by atoms with Gasteiger partial charge in [0.1, 0.15) is 12.6 Å². The molecule has 184 valence electrons. The predicted octanol–water partition coefficient (Wildman–Crippen LogP) is 4.46. The smallest absolute Gasteiger partial charge is 0.407 e. The normalized spacial score (nSPS) is 19.2. The second-order valence-electron chi connectivity index (χ2n) is 10.1. The fraction of sp³-hybridized carbons (Fsp3) is 0.464. The topological polar surface area (TPSA) is 105 Å². The van der Waals surface area contributed by atoms with Gasteiger partial charge in [0.25, 0.3) is 0 Å². The molecule has 7 nitrogen and oxygen atoms in total. The van der Waals surface area contributed by atoms with Gasteiger partial charge in [-0.25, -0.2) is 9.59 Å². The van der Waals surface area contributed by atoms with E-state index in [-0.39, 0.29) is 30.9 Å². The van der Waals surface area contributed by atoms with Crippen molar-refractivity contribution in [1.82, 2.24) is 10.6 Å². The minimum atomic E-state index is -0.985. The van der Waals surface area contributed by atoms with Gasteiger partial charge in [0, 0.05) is 12.5 Å². The molecule has 0 saturated heterocycles. The summed E-state index contributed by atoms with van der Waals surface area (Å²) >= 11 is 0. The Morgan fingerprint density at radius 3 is 2.09 bits per heavy atom. The van der Waals surface area contributed by atoms with E-state index in [2.05, 4.69) is 34.9 Å². The minimum Gasteiger partial charge on any atom is -0.480 e. The third kappa shape index (κ3) is 4.51. The molecule has 0 bridgehead atoms. The van der Waals surface area contributed by atoms with E-state index in [1.165, 1.54) is 0 Å². The second kappa shape index (κ2) is 9.72. The lowest BCUT2D eigenvalue weighted by atomic mass is 9.78. The van der Waals surface area contributed by atoms with Crippen molar-refractivity contribution in [2.45, 2.75) is 56.9 Å². The molecular weight excluding hydrogens is 444 g/mol. The van der Waals surface area contributed by atoms with Gasteiger partial charge in [0.05, 0.1) is 5.41 Å². The van der Waals surface area contributed by atoms with Crippen LogP contribution in [-0.4, -0.2) is 42.3 Å². The van der Waals surface area contributed by atoms with Gasteiger partial charge >= 0.3 is 12.1 Å². The average molecular weight is 477 g/mol. The molecule has 1 unspecified atom stereocenters. The fourth-order valence-electron chi connectivity index (χ4n) is 5.88. The van der Waals surface area contributed by atoms with Crippen LogP contribution < -0.4 is 10.6 Å². The Labute approximate surface area is 205 Å². The Hall–Kier alpha value is -3.35. The maximum Gasteiger partial charge on any atom is 0.407 e. The van der Waals surface area contributed by atoms with E-state index in [1.807, 2.05) is 24.3 Å². The van der Waals surface area contributed by atoms with E-state index >= 15 is 0 Å². The zero-order valence-electron chi connectivity index (χ0n) is 19.8. The second-order valence-corrected chi connectivity index (χ2v) is 10.1. The summed E-state index contributed by atoms with van der Waals surface area (Å²) < 4.78 is 5.63. The zero-order chi connectivity index (χ0) is 24.4. The largest absolute Gasteiger partial charge is 0.480 e. The molecule has 0 radical (unpaired) electrons. The standard InChI is InChI=1S/C28H32N2O5/c31-25(32)24(18-8-7-9-18)30-26(33)28(14-5-6-15-28)17-29-27(34)35-16-23-21-12-3-1-10-19(21)20-11-2-4-13-22(20)23/h1-4,10-13,18,23-24H,5-9,14-17H2,(H,29,34)(H,30,33)(H,31,32). The van der Waals surface area contributed by atoms with E-state index in [0.717, 1.165) is 54.4 Å². The molecule has 2 saturated carbocycles. The zero-order valence-corrected chi connectivity index (χ0v) is 19.8. The van der Waals surface area contributed by atoms with Gasteiger partial charge in [-0.1, -0.05) is 67.8 Å². The van der Waals surface area contributed by atoms with Crippen LogP contribution in [0.5, 0.6) is 0 Å². The first-order valence-electron chi connectivity index (χ1n) is 12.6. The lowest BCUT2D eigenvalue weighted by Gasteiger charge is -2.35. The van der Waals surface area contributed by atoms with Crippen LogP contribution in [0, 0.1) is 11.3 Å². The van der Waals surface area contributed by atoms with Gasteiger partial charge < -0.3 is 20.5 Å². The molecule has 7 heteroatoms. The number of benzene rings is 2. The van der Waals surface area contributed by atoms with Crippen molar-refractivity contribution in [3.05, 3.63) is 59.7 Å². The molecule has 0 aromatic heterocycles. The number of amides is 2. The quantitative estimate of drug-likeness (QED) is 0.522. The summed E-state index contributed by atoms with van der Waals surface area (Å²) in [4.78, 5) is 37.6. The first-order valence-corrected chi connectivity index (χ1v) is 12.6. The molecular formula is C28H32N2O5. The summed E-state index contributed by atoms with van der Waals surface area (Å²) in [6, 6.07) is 15.5. The van der Waals surface area contributed by atoms with E-state index in [9.17, 15) is 19.5 Å². The SMILES string of the molecule is O=C(NCC1(C(=O)NC(C(=O)O)C2CCC2)CCCC1)OCC1c2ccccc2-c2ccccc21. The lowest BCUT2D eigenvalue weighted by Crippen LogP contribution is -2.55. The predicted molar refractivity (Wildman–Crippen MR) is 131 cm³/mol. The number of hydrogen-bond acceptors (Lipinski definition) is 4. The van der Waals surface area contributed by atoms with Crippen LogP contribution in [0.3, 0.4) is 0 Å². The highest BCUT2D eigenvalue weighted by Crippen LogP contribution is 2.44. The van der Waals surface area contributed by atoms with Gasteiger partial charge in [0.15, 0.2) is 0 Å². The van der Waals surface area contributed by atoms with Gasteiger partial charge in [-0.05, 0) is 53.9 Å². The minimum absolute atomic E-state index is 0.00926. The third-order valence-electron chi connectivity index (χ3n) is 8.13. The molecule has 3 N–H and O–H groups in total. The van der Waals surface area contributed by atoms with Crippen LogP contribution in [0.2, 0.25) is 0 Å². The Morgan fingerprint density at radius 2 is 1.54 bits per heavy atom. The summed E-state index contributed by atoms with van der Waals surface area (Å²) in [6.45, 7) is 0.355. The van der Waals surface area contributed by atoms with Gasteiger partial charge in [-0.15, -0.1) is 0 Å². The fourth-order valence-corrected chi connectivity index (χ4v) is 5.88. The molecule has 3 aliphatic rings. The van der Waals surface area contributed by atoms with Gasteiger partial charge in [-0.3, -0.25) is 4.79 Å². The highest BCUT2D eigenvalue weighted by Gasteiger charge is 2.44. The maximum absolute atomic E-state index is 13.2. The molecule has 35 heavy (non-hydrogen) atoms. The first kappa shape index (κ1) is 23.4. The Balaban J connectivity index is 1.21. The van der Waals surface area contributed by atoms with Crippen LogP contribution >= 0.6 is 0 Å². The number of hydrogen-bond donors (Lipinski definition) is 3. The molecule has 2 amide bonds. The third-order valence-corrected chi connectivity index (χ3v) is 8.13. The Kier molecular flexibility index (Phi) is 6.50. The number of ether oxygens (including phenoxy) is 1. The van der Waals surface area contributed by atoms with Gasteiger partial charge in [-0.2, -0.15) is 0 Å². The van der Waals surface area contributed by atoms with Crippen LogP contribution in [0.1, 0.15) is 62.0 Å². The number of carboxylic acids is 1. The summed E-state index contributed by atoms with van der Waals surface area (Å²) in [7, 11) is 0. The highest BCUT2D eigenvalue weighted by atomic mass is 16.5. The van der Waals surface area contributed by atoms with Crippen LogP contribution in [0.4, 0.5) is 4.79 Å². The number of carbonyl (C=O) groups excluding carboxylic acids is 2. The van der Waals surface area contributed by atoms with Gasteiger partial charge in [0.2, 0.25) is 5.91 Å². The number of alkyl carbamates (subject to hydrolysis) is 1. The number of fused-ring (bicyclic) bond motifs is 3. The Bertz CT molecular complexity index is 1070. The summed E-state index contributed by atoms with van der Waals surface area (Å²) in [5.41, 5.74) is 3.83. The number of nitrogens with one attached hydrogen (secondary N) is 2. The summed E-state index contributed by atoms with van der Waals surface area (Å²) in [6.07, 6.45) is 5.09.